The van der Waals surface area contributed by atoms with Crippen LogP contribution in [0.5, 0.6) is 0 Å². The van der Waals surface area contributed by atoms with Crippen LogP contribution in [0.1, 0.15) is 74.3 Å². The summed E-state index contributed by atoms with van der Waals surface area (Å²) in [6.07, 6.45) is 6.93. The van der Waals surface area contributed by atoms with Crippen molar-refractivity contribution in [2.45, 2.75) is 89.3 Å². The minimum atomic E-state index is -0.505. The van der Waals surface area contributed by atoms with Gasteiger partial charge in [0.1, 0.15) is 17.1 Å². The summed E-state index contributed by atoms with van der Waals surface area (Å²) in [4.78, 5) is 22.9. The fourth-order valence-electron chi connectivity index (χ4n) is 5.31. The maximum absolute atomic E-state index is 13.6. The van der Waals surface area contributed by atoms with Crippen LogP contribution in [0.4, 0.5) is 5.82 Å². The Kier molecular flexibility index (Phi) is 8.26. The molecule has 1 amide bonds. The van der Waals surface area contributed by atoms with E-state index in [-0.39, 0.29) is 5.91 Å². The Hall–Kier alpha value is -2.62. The fourth-order valence-corrected chi connectivity index (χ4v) is 7.25. The summed E-state index contributed by atoms with van der Waals surface area (Å²) in [5.74, 6) is 2.72. The van der Waals surface area contributed by atoms with Gasteiger partial charge < -0.3 is 14.0 Å². The van der Waals surface area contributed by atoms with Crippen LogP contribution in [0, 0.1) is 13.8 Å². The van der Waals surface area contributed by atoms with E-state index in [0.717, 1.165) is 89.5 Å². The van der Waals surface area contributed by atoms with Crippen LogP contribution >= 0.6 is 23.3 Å². The Bertz CT molecular complexity index is 1320. The van der Waals surface area contributed by atoms with Crippen LogP contribution in [0.3, 0.4) is 0 Å². The van der Waals surface area contributed by atoms with Crippen LogP contribution in [0.15, 0.2) is 44.1 Å². The van der Waals surface area contributed by atoms with Gasteiger partial charge in [-0.1, -0.05) is 49.5 Å². The SMILES string of the molecule is CCCCC1=NC2(CCCC2)C(=O)N1Cc1ccc(-c2sccc2SNc2noc(C)c2C)c(COC)c1. The Morgan fingerprint density at radius 2 is 2.05 bits per heavy atom. The second-order valence-corrected chi connectivity index (χ2v) is 12.0. The van der Waals surface area contributed by atoms with Gasteiger partial charge in [0.05, 0.1) is 13.2 Å². The van der Waals surface area contributed by atoms with E-state index in [1.165, 1.54) is 16.8 Å². The molecule has 1 aliphatic carbocycles. The zero-order valence-corrected chi connectivity index (χ0v) is 24.3. The number of amidine groups is 1. The lowest BCUT2D eigenvalue weighted by molar-refractivity contribution is -0.131. The van der Waals surface area contributed by atoms with Crippen LogP contribution in [-0.2, 0) is 22.7 Å². The number of anilines is 1. The number of aryl methyl sites for hydroxylation is 1. The molecule has 1 aliphatic heterocycles. The average molecular weight is 553 g/mol. The second kappa shape index (κ2) is 11.6. The van der Waals surface area contributed by atoms with Crippen molar-refractivity contribution in [2.75, 3.05) is 11.8 Å². The lowest BCUT2D eigenvalue weighted by atomic mass is 9.97. The van der Waals surface area contributed by atoms with E-state index in [1.54, 1.807) is 18.4 Å². The largest absolute Gasteiger partial charge is 0.380 e. The predicted molar refractivity (Wildman–Crippen MR) is 155 cm³/mol. The summed E-state index contributed by atoms with van der Waals surface area (Å²) in [6.45, 7) is 7.14. The van der Waals surface area contributed by atoms with Crippen LogP contribution in [-0.4, -0.2) is 34.4 Å². The highest BCUT2D eigenvalue weighted by Crippen LogP contribution is 2.41. The first-order valence-electron chi connectivity index (χ1n) is 13.4. The molecule has 3 aromatic rings. The molecule has 1 saturated carbocycles. The summed E-state index contributed by atoms with van der Waals surface area (Å²) in [6, 6.07) is 8.62. The molecule has 0 unspecified atom stereocenters. The van der Waals surface area contributed by atoms with Crippen LogP contribution < -0.4 is 4.72 Å². The topological polar surface area (TPSA) is 80.0 Å². The molecule has 1 aromatic carbocycles. The van der Waals surface area contributed by atoms with Gasteiger partial charge in [0.25, 0.3) is 5.91 Å². The zero-order valence-electron chi connectivity index (χ0n) is 22.6. The molecule has 2 aliphatic rings. The van der Waals surface area contributed by atoms with Gasteiger partial charge in [-0.25, -0.2) is 0 Å². The highest BCUT2D eigenvalue weighted by atomic mass is 32.2. The normalized spacial score (nSPS) is 16.6. The number of unbranched alkanes of at least 4 members (excludes halogenated alkanes) is 1. The fraction of sp³-hybridized carbons (Fsp3) is 0.483. The van der Waals surface area contributed by atoms with E-state index in [2.05, 4.69) is 46.4 Å². The number of hydrogen-bond acceptors (Lipinski definition) is 8. The van der Waals surface area contributed by atoms with Crippen molar-refractivity contribution in [2.24, 2.45) is 4.99 Å². The molecule has 5 rings (SSSR count). The Labute approximate surface area is 233 Å². The quantitative estimate of drug-likeness (QED) is 0.248. The van der Waals surface area contributed by atoms with Crippen molar-refractivity contribution < 1.29 is 14.1 Å². The number of nitrogens with zero attached hydrogens (tertiary/aromatic N) is 3. The van der Waals surface area contributed by atoms with E-state index in [4.69, 9.17) is 14.3 Å². The number of methoxy groups -OCH3 is 1. The molecule has 9 heteroatoms. The number of ether oxygens (including phenoxy) is 1. The van der Waals surface area contributed by atoms with Crippen molar-refractivity contribution in [1.82, 2.24) is 10.1 Å². The van der Waals surface area contributed by atoms with Crippen molar-refractivity contribution in [3.8, 4) is 10.4 Å². The first-order chi connectivity index (χ1) is 18.5. The second-order valence-electron chi connectivity index (χ2n) is 10.2. The molecule has 7 nitrogen and oxygen atoms in total. The van der Waals surface area contributed by atoms with Crippen molar-refractivity contribution >= 4 is 40.8 Å². The zero-order chi connectivity index (χ0) is 26.7. The van der Waals surface area contributed by atoms with E-state index in [9.17, 15) is 4.79 Å². The van der Waals surface area contributed by atoms with E-state index >= 15 is 0 Å². The first-order valence-corrected chi connectivity index (χ1v) is 15.1. The van der Waals surface area contributed by atoms with Gasteiger partial charge in [0.2, 0.25) is 0 Å². The summed E-state index contributed by atoms with van der Waals surface area (Å²) in [7, 11) is 1.72. The van der Waals surface area contributed by atoms with Gasteiger partial charge in [-0.3, -0.25) is 14.7 Å². The number of aliphatic imine (C=N–C) groups is 1. The minimum absolute atomic E-state index is 0.194. The number of carbonyl (C=O) groups is 1. The molecular formula is C29H36N4O3S2. The maximum atomic E-state index is 13.6. The Morgan fingerprint density at radius 1 is 1.24 bits per heavy atom. The number of carbonyl (C=O) groups excluding carboxylic acids is 1. The summed E-state index contributed by atoms with van der Waals surface area (Å²) in [5, 5.41) is 6.22. The predicted octanol–water partition coefficient (Wildman–Crippen LogP) is 7.53. The molecule has 1 spiro atoms. The Morgan fingerprint density at radius 3 is 2.76 bits per heavy atom. The smallest absolute Gasteiger partial charge is 0.256 e. The summed E-state index contributed by atoms with van der Waals surface area (Å²) in [5.41, 5.74) is 3.86. The number of aromatic nitrogens is 1. The molecule has 0 bridgehead atoms. The molecule has 0 saturated heterocycles. The van der Waals surface area contributed by atoms with Crippen LogP contribution in [0.2, 0.25) is 0 Å². The van der Waals surface area contributed by atoms with Gasteiger partial charge in [-0.05, 0) is 73.2 Å². The van der Waals surface area contributed by atoms with Crippen molar-refractivity contribution in [3.63, 3.8) is 0 Å². The summed E-state index contributed by atoms with van der Waals surface area (Å²) < 4.78 is 14.2. The maximum Gasteiger partial charge on any atom is 0.256 e. The lowest BCUT2D eigenvalue weighted by Gasteiger charge is -2.23. The minimum Gasteiger partial charge on any atom is -0.380 e. The molecule has 38 heavy (non-hydrogen) atoms. The molecule has 1 fully saturated rings. The van der Waals surface area contributed by atoms with Crippen molar-refractivity contribution in [3.05, 3.63) is 52.1 Å². The molecule has 202 valence electrons. The number of amides is 1. The number of rotatable bonds is 11. The van der Waals surface area contributed by atoms with Gasteiger partial charge in [-0.2, -0.15) is 0 Å². The Balaban J connectivity index is 1.38. The van der Waals surface area contributed by atoms with E-state index in [0.29, 0.717) is 13.2 Å². The molecule has 2 aromatic heterocycles. The van der Waals surface area contributed by atoms with Crippen LogP contribution in [0.25, 0.3) is 10.4 Å². The molecule has 1 N–H and O–H groups in total. The number of benzene rings is 1. The third kappa shape index (κ3) is 5.28. The highest BCUT2D eigenvalue weighted by molar-refractivity contribution is 8.00. The van der Waals surface area contributed by atoms with Gasteiger partial charge in [-0.15, -0.1) is 11.3 Å². The van der Waals surface area contributed by atoms with Gasteiger partial charge >= 0.3 is 0 Å². The molecule has 0 atom stereocenters. The third-order valence-electron chi connectivity index (χ3n) is 7.58. The molecule has 3 heterocycles. The van der Waals surface area contributed by atoms with Gasteiger partial charge in [0, 0.05) is 28.9 Å². The van der Waals surface area contributed by atoms with Crippen molar-refractivity contribution in [1.29, 1.82) is 0 Å². The average Bonchev–Trinajstić information content (AvgIpc) is 3.70. The number of nitrogens with one attached hydrogen (secondary N) is 1. The monoisotopic (exact) mass is 552 g/mol. The van der Waals surface area contributed by atoms with Gasteiger partial charge in [0.15, 0.2) is 5.82 Å². The highest BCUT2D eigenvalue weighted by Gasteiger charge is 2.49. The van der Waals surface area contributed by atoms with E-state index in [1.807, 2.05) is 18.7 Å². The summed E-state index contributed by atoms with van der Waals surface area (Å²) >= 11 is 3.24. The standard InChI is InChI=1S/C29H36N4O3S2/c1-5-6-9-25-30-29(13-7-8-14-29)28(34)33(25)17-21-10-11-23(22(16-21)18-35-4)26-24(12-15-37-26)38-32-27-19(2)20(3)36-31-27/h10-12,15-16H,5-9,13-14,17-18H2,1-4H3,(H,31,32). The molecular weight excluding hydrogens is 516 g/mol. The number of hydrogen-bond donors (Lipinski definition) is 1. The number of thiophene rings is 1. The third-order valence-corrected chi connectivity index (χ3v) is 9.51. The molecule has 0 radical (unpaired) electrons. The lowest BCUT2D eigenvalue weighted by Crippen LogP contribution is -2.40. The van der Waals surface area contributed by atoms with E-state index < -0.39 is 5.54 Å². The first kappa shape index (κ1) is 27.0.